The van der Waals surface area contributed by atoms with Crippen LogP contribution in [-0.4, -0.2) is 40.0 Å². The van der Waals surface area contributed by atoms with Crippen LogP contribution in [0.15, 0.2) is 24.3 Å². The molecule has 0 saturated carbocycles. The number of hydrogen-bond donors (Lipinski definition) is 1. The quantitative estimate of drug-likeness (QED) is 0.892. The molecule has 1 aromatic carbocycles. The Kier molecular flexibility index (Phi) is 5.66. The summed E-state index contributed by atoms with van der Waals surface area (Å²) in [5, 5.41) is 12.5. The number of nitrogens with zero attached hydrogens (tertiary/aromatic N) is 3. The van der Waals surface area contributed by atoms with Crippen LogP contribution in [0.4, 0.5) is 5.13 Å². The van der Waals surface area contributed by atoms with Gasteiger partial charge in [-0.05, 0) is 31.4 Å². The largest absolute Gasteiger partial charge is 0.339 e. The molecule has 0 aliphatic carbocycles. The van der Waals surface area contributed by atoms with Gasteiger partial charge in [0.25, 0.3) is 5.91 Å². The molecule has 1 aromatic heterocycles. The van der Waals surface area contributed by atoms with Crippen molar-refractivity contribution in [2.45, 2.75) is 39.5 Å². The van der Waals surface area contributed by atoms with E-state index < -0.39 is 0 Å². The first-order chi connectivity index (χ1) is 12.5. The number of amides is 2. The number of nitrogens with one attached hydrogen (secondary N) is 1. The Labute approximate surface area is 157 Å². The van der Waals surface area contributed by atoms with Crippen molar-refractivity contribution in [1.29, 1.82) is 0 Å². The molecule has 1 saturated heterocycles. The Morgan fingerprint density at radius 3 is 2.50 bits per heavy atom. The molecular formula is C19H24N4O2S. The summed E-state index contributed by atoms with van der Waals surface area (Å²) in [7, 11) is 0. The van der Waals surface area contributed by atoms with Crippen molar-refractivity contribution in [1.82, 2.24) is 15.1 Å². The van der Waals surface area contributed by atoms with Crippen molar-refractivity contribution >= 4 is 28.3 Å². The summed E-state index contributed by atoms with van der Waals surface area (Å²) >= 11 is 1.42. The zero-order valence-corrected chi connectivity index (χ0v) is 16.2. The standard InChI is InChI=1S/C19H24N4O2S/c1-12(2)17-21-22-19(26-17)20-16(24)14-8-10-23(11-9-14)18(25)15-7-5-4-6-13(15)3/h4-7,12,14H,8-11H2,1-3H3,(H,20,22,24). The van der Waals surface area contributed by atoms with Crippen LogP contribution in [-0.2, 0) is 4.79 Å². The topological polar surface area (TPSA) is 75.2 Å². The summed E-state index contributed by atoms with van der Waals surface area (Å²) in [4.78, 5) is 27.0. The van der Waals surface area contributed by atoms with Crippen LogP contribution in [0.5, 0.6) is 0 Å². The molecular weight excluding hydrogens is 348 g/mol. The van der Waals surface area contributed by atoms with Crippen molar-refractivity contribution in [2.75, 3.05) is 18.4 Å². The second-order valence-electron chi connectivity index (χ2n) is 6.97. The zero-order chi connectivity index (χ0) is 18.7. The number of hydrogen-bond acceptors (Lipinski definition) is 5. The molecule has 3 rings (SSSR count). The van der Waals surface area contributed by atoms with Gasteiger partial charge < -0.3 is 10.2 Å². The molecule has 2 aromatic rings. The molecule has 0 atom stereocenters. The fourth-order valence-electron chi connectivity index (χ4n) is 3.05. The van der Waals surface area contributed by atoms with E-state index >= 15 is 0 Å². The minimum atomic E-state index is -0.0951. The number of aryl methyl sites for hydroxylation is 1. The number of piperidine rings is 1. The molecule has 1 N–H and O–H groups in total. The first kappa shape index (κ1) is 18.5. The Hall–Kier alpha value is -2.28. The third-order valence-electron chi connectivity index (χ3n) is 4.69. The van der Waals surface area contributed by atoms with Crippen LogP contribution in [0, 0.1) is 12.8 Å². The van der Waals surface area contributed by atoms with Gasteiger partial charge in [0.2, 0.25) is 11.0 Å². The van der Waals surface area contributed by atoms with E-state index in [-0.39, 0.29) is 17.7 Å². The van der Waals surface area contributed by atoms with Gasteiger partial charge in [0, 0.05) is 30.5 Å². The second-order valence-corrected chi connectivity index (χ2v) is 7.98. The predicted molar refractivity (Wildman–Crippen MR) is 102 cm³/mol. The van der Waals surface area contributed by atoms with Gasteiger partial charge in [0.05, 0.1) is 0 Å². The number of carbonyl (C=O) groups is 2. The molecule has 2 heterocycles. The van der Waals surface area contributed by atoms with Gasteiger partial charge in [-0.25, -0.2) is 0 Å². The number of carbonyl (C=O) groups excluding carboxylic acids is 2. The summed E-state index contributed by atoms with van der Waals surface area (Å²) in [5.74, 6) is 0.225. The van der Waals surface area contributed by atoms with Crippen LogP contribution in [0.1, 0.15) is 53.5 Å². The maximum absolute atomic E-state index is 12.7. The summed E-state index contributed by atoms with van der Waals surface area (Å²) in [6.07, 6.45) is 1.33. The van der Waals surface area contributed by atoms with Gasteiger partial charge >= 0.3 is 0 Å². The van der Waals surface area contributed by atoms with Gasteiger partial charge in [-0.1, -0.05) is 43.4 Å². The van der Waals surface area contributed by atoms with E-state index in [1.54, 1.807) is 0 Å². The molecule has 7 heteroatoms. The number of likely N-dealkylation sites (tertiary alicyclic amines) is 1. The number of rotatable bonds is 4. The number of aromatic nitrogens is 2. The lowest BCUT2D eigenvalue weighted by molar-refractivity contribution is -0.121. The van der Waals surface area contributed by atoms with Gasteiger partial charge in [0.15, 0.2) is 0 Å². The molecule has 2 amide bonds. The van der Waals surface area contributed by atoms with E-state index in [1.807, 2.05) is 49.9 Å². The summed E-state index contributed by atoms with van der Waals surface area (Å²) in [6.45, 7) is 7.23. The molecule has 26 heavy (non-hydrogen) atoms. The lowest BCUT2D eigenvalue weighted by atomic mass is 9.95. The van der Waals surface area contributed by atoms with E-state index in [0.717, 1.165) is 16.1 Å². The molecule has 0 unspecified atom stereocenters. The molecule has 1 fully saturated rings. The normalized spacial score (nSPS) is 15.3. The van der Waals surface area contributed by atoms with E-state index in [9.17, 15) is 9.59 Å². The average Bonchev–Trinajstić information content (AvgIpc) is 3.10. The van der Waals surface area contributed by atoms with Crippen molar-refractivity contribution < 1.29 is 9.59 Å². The number of anilines is 1. The van der Waals surface area contributed by atoms with Gasteiger partial charge in [-0.15, -0.1) is 10.2 Å². The first-order valence-corrected chi connectivity index (χ1v) is 9.76. The fraction of sp³-hybridized carbons (Fsp3) is 0.474. The molecule has 1 aliphatic heterocycles. The molecule has 0 spiro atoms. The lowest BCUT2D eigenvalue weighted by Gasteiger charge is -2.31. The average molecular weight is 372 g/mol. The second kappa shape index (κ2) is 7.95. The highest BCUT2D eigenvalue weighted by atomic mass is 32.1. The zero-order valence-electron chi connectivity index (χ0n) is 15.4. The first-order valence-electron chi connectivity index (χ1n) is 8.95. The molecule has 0 radical (unpaired) electrons. The van der Waals surface area contributed by atoms with Crippen LogP contribution in [0.3, 0.4) is 0 Å². The summed E-state index contributed by atoms with van der Waals surface area (Å²) < 4.78 is 0. The Morgan fingerprint density at radius 2 is 1.88 bits per heavy atom. The van der Waals surface area contributed by atoms with E-state index in [1.165, 1.54) is 11.3 Å². The summed E-state index contributed by atoms with van der Waals surface area (Å²) in [6, 6.07) is 7.62. The van der Waals surface area contributed by atoms with Crippen LogP contribution < -0.4 is 5.32 Å². The SMILES string of the molecule is Cc1ccccc1C(=O)N1CCC(C(=O)Nc2nnc(C(C)C)s2)CC1. The Balaban J connectivity index is 1.55. The Bertz CT molecular complexity index is 794. The van der Waals surface area contributed by atoms with Crippen molar-refractivity contribution in [3.8, 4) is 0 Å². The molecule has 138 valence electrons. The van der Waals surface area contributed by atoms with Crippen molar-refractivity contribution in [2.24, 2.45) is 5.92 Å². The molecule has 0 bridgehead atoms. The Morgan fingerprint density at radius 1 is 1.19 bits per heavy atom. The van der Waals surface area contributed by atoms with Gasteiger partial charge in [-0.3, -0.25) is 9.59 Å². The smallest absolute Gasteiger partial charge is 0.254 e. The minimum absolute atomic E-state index is 0.0283. The van der Waals surface area contributed by atoms with Gasteiger partial charge in [0.1, 0.15) is 5.01 Å². The number of benzene rings is 1. The summed E-state index contributed by atoms with van der Waals surface area (Å²) in [5.41, 5.74) is 1.72. The maximum Gasteiger partial charge on any atom is 0.254 e. The maximum atomic E-state index is 12.7. The molecule has 6 nitrogen and oxygen atoms in total. The monoisotopic (exact) mass is 372 g/mol. The van der Waals surface area contributed by atoms with E-state index in [4.69, 9.17) is 0 Å². The third-order valence-corrected chi connectivity index (χ3v) is 5.83. The fourth-order valence-corrected chi connectivity index (χ4v) is 3.80. The third kappa shape index (κ3) is 4.09. The van der Waals surface area contributed by atoms with Crippen LogP contribution >= 0.6 is 11.3 Å². The van der Waals surface area contributed by atoms with Crippen LogP contribution in [0.25, 0.3) is 0 Å². The van der Waals surface area contributed by atoms with Gasteiger partial charge in [-0.2, -0.15) is 0 Å². The highest BCUT2D eigenvalue weighted by Gasteiger charge is 2.28. The molecule has 1 aliphatic rings. The van der Waals surface area contributed by atoms with Crippen molar-refractivity contribution in [3.63, 3.8) is 0 Å². The predicted octanol–water partition coefficient (Wildman–Crippen LogP) is 3.46. The highest BCUT2D eigenvalue weighted by Crippen LogP contribution is 2.25. The lowest BCUT2D eigenvalue weighted by Crippen LogP contribution is -2.41. The van der Waals surface area contributed by atoms with E-state index in [0.29, 0.717) is 37.0 Å². The highest BCUT2D eigenvalue weighted by molar-refractivity contribution is 7.15. The van der Waals surface area contributed by atoms with E-state index in [2.05, 4.69) is 15.5 Å². The van der Waals surface area contributed by atoms with Crippen LogP contribution in [0.2, 0.25) is 0 Å². The van der Waals surface area contributed by atoms with Crippen molar-refractivity contribution in [3.05, 3.63) is 40.4 Å². The minimum Gasteiger partial charge on any atom is -0.339 e.